The number of nitrogens with zero attached hydrogens (tertiary/aromatic N) is 1. The van der Waals surface area contributed by atoms with Gasteiger partial charge in [0.05, 0.1) is 0 Å². The Labute approximate surface area is 84.5 Å². The van der Waals surface area contributed by atoms with E-state index < -0.39 is 17.7 Å². The highest BCUT2D eigenvalue weighted by atomic mass is 16.4. The van der Waals surface area contributed by atoms with Gasteiger partial charge in [-0.2, -0.15) is 0 Å². The van der Waals surface area contributed by atoms with Gasteiger partial charge in [-0.3, -0.25) is 9.69 Å². The number of hydrogen-bond donors (Lipinski definition) is 3. The number of aliphatic hydroxyl groups is 1. The number of rotatable bonds is 6. The molecule has 0 rings (SSSR count). The van der Waals surface area contributed by atoms with Crippen LogP contribution in [0, 0.1) is 0 Å². The number of carboxylic acids is 1. The van der Waals surface area contributed by atoms with Crippen LogP contribution in [0.2, 0.25) is 0 Å². The smallest absolute Gasteiger partial charge is 0.320 e. The molecule has 0 aromatic carbocycles. The normalized spacial score (nSPS) is 17.9. The van der Waals surface area contributed by atoms with E-state index in [4.69, 9.17) is 10.8 Å². The van der Waals surface area contributed by atoms with E-state index in [2.05, 4.69) is 0 Å². The van der Waals surface area contributed by atoms with Gasteiger partial charge < -0.3 is 15.9 Å². The van der Waals surface area contributed by atoms with Gasteiger partial charge in [0.2, 0.25) is 0 Å². The molecule has 0 amide bonds. The lowest BCUT2D eigenvalue weighted by atomic mass is 10.0. The summed E-state index contributed by atoms with van der Waals surface area (Å²) in [6.45, 7) is 1.69. The summed E-state index contributed by atoms with van der Waals surface area (Å²) in [5.74, 6) is -0.991. The SMILES string of the molecule is CN(C)C(C)(O)CCC[C@H](N)C(=O)O. The van der Waals surface area contributed by atoms with Crippen LogP contribution in [0.4, 0.5) is 0 Å². The van der Waals surface area contributed by atoms with E-state index in [9.17, 15) is 9.90 Å². The van der Waals surface area contributed by atoms with Crippen molar-refractivity contribution in [2.45, 2.75) is 38.0 Å². The average Bonchev–Trinajstić information content (AvgIpc) is 2.03. The van der Waals surface area contributed by atoms with Gasteiger partial charge in [0.15, 0.2) is 0 Å². The van der Waals surface area contributed by atoms with Crippen molar-refractivity contribution < 1.29 is 15.0 Å². The van der Waals surface area contributed by atoms with Crippen molar-refractivity contribution >= 4 is 5.97 Å². The number of aliphatic carboxylic acids is 1. The third-order valence-corrected chi connectivity index (χ3v) is 2.45. The molecule has 14 heavy (non-hydrogen) atoms. The van der Waals surface area contributed by atoms with E-state index in [-0.39, 0.29) is 0 Å². The maximum atomic E-state index is 10.4. The fourth-order valence-electron chi connectivity index (χ4n) is 1.00. The van der Waals surface area contributed by atoms with Gasteiger partial charge in [-0.05, 0) is 40.3 Å². The van der Waals surface area contributed by atoms with E-state index in [1.807, 2.05) is 0 Å². The number of hydrogen-bond acceptors (Lipinski definition) is 4. The topological polar surface area (TPSA) is 86.8 Å². The zero-order valence-corrected chi connectivity index (χ0v) is 9.03. The Bertz CT molecular complexity index is 192. The summed E-state index contributed by atoms with van der Waals surface area (Å²) in [4.78, 5) is 12.1. The lowest BCUT2D eigenvalue weighted by Crippen LogP contribution is -2.41. The number of carboxylic acid groups (broad SMARTS) is 1. The molecule has 0 saturated heterocycles. The van der Waals surface area contributed by atoms with Crippen molar-refractivity contribution in [1.82, 2.24) is 4.90 Å². The molecule has 0 aliphatic carbocycles. The molecule has 1 unspecified atom stereocenters. The molecule has 5 heteroatoms. The van der Waals surface area contributed by atoms with Gasteiger partial charge >= 0.3 is 5.97 Å². The van der Waals surface area contributed by atoms with Crippen molar-refractivity contribution in [1.29, 1.82) is 0 Å². The molecule has 0 spiro atoms. The Hall–Kier alpha value is -0.650. The molecule has 84 valence electrons. The van der Waals surface area contributed by atoms with Crippen LogP contribution in [0.5, 0.6) is 0 Å². The molecule has 0 aliphatic rings. The lowest BCUT2D eigenvalue weighted by Gasteiger charge is -2.30. The zero-order chi connectivity index (χ0) is 11.4. The first-order valence-corrected chi connectivity index (χ1v) is 4.65. The van der Waals surface area contributed by atoms with Gasteiger partial charge in [-0.15, -0.1) is 0 Å². The molecule has 0 aromatic heterocycles. The molecule has 0 fully saturated rings. The summed E-state index contributed by atoms with van der Waals surface area (Å²) in [5, 5.41) is 18.3. The highest BCUT2D eigenvalue weighted by Gasteiger charge is 2.23. The highest BCUT2D eigenvalue weighted by Crippen LogP contribution is 2.16. The van der Waals surface area contributed by atoms with Crippen LogP contribution < -0.4 is 5.73 Å². The van der Waals surface area contributed by atoms with Gasteiger partial charge in [-0.1, -0.05) is 0 Å². The van der Waals surface area contributed by atoms with E-state index in [0.29, 0.717) is 19.3 Å². The van der Waals surface area contributed by atoms with Gasteiger partial charge in [0, 0.05) is 0 Å². The number of nitrogens with two attached hydrogens (primary N) is 1. The van der Waals surface area contributed by atoms with Crippen LogP contribution in [0.1, 0.15) is 26.2 Å². The molecule has 0 aromatic rings. The second-order valence-corrected chi connectivity index (χ2v) is 3.95. The molecule has 0 heterocycles. The van der Waals surface area contributed by atoms with Crippen LogP contribution in [-0.2, 0) is 4.79 Å². The van der Waals surface area contributed by atoms with Crippen molar-refractivity contribution in [2.24, 2.45) is 5.73 Å². The van der Waals surface area contributed by atoms with Crippen LogP contribution in [-0.4, -0.2) is 46.9 Å². The van der Waals surface area contributed by atoms with Crippen molar-refractivity contribution in [3.8, 4) is 0 Å². The average molecular weight is 204 g/mol. The van der Waals surface area contributed by atoms with Crippen molar-refractivity contribution in [3.05, 3.63) is 0 Å². The van der Waals surface area contributed by atoms with E-state index >= 15 is 0 Å². The van der Waals surface area contributed by atoms with Crippen LogP contribution in [0.15, 0.2) is 0 Å². The zero-order valence-electron chi connectivity index (χ0n) is 9.03. The molecular formula is C9H20N2O3. The Morgan fingerprint density at radius 3 is 2.43 bits per heavy atom. The highest BCUT2D eigenvalue weighted by molar-refractivity contribution is 5.72. The molecule has 4 N–H and O–H groups in total. The summed E-state index contributed by atoms with van der Waals surface area (Å²) in [6, 6.07) is -0.826. The molecule has 0 radical (unpaired) electrons. The maximum Gasteiger partial charge on any atom is 0.320 e. The predicted molar refractivity (Wildman–Crippen MR) is 53.8 cm³/mol. The molecule has 5 nitrogen and oxygen atoms in total. The van der Waals surface area contributed by atoms with Crippen LogP contribution in [0.25, 0.3) is 0 Å². The Morgan fingerprint density at radius 1 is 1.57 bits per heavy atom. The standard InChI is InChI=1S/C9H20N2O3/c1-9(14,11(2)3)6-4-5-7(10)8(12)13/h7,14H,4-6,10H2,1-3H3,(H,12,13)/t7-,9?/m0/s1. The second kappa shape index (κ2) is 5.29. The fourth-order valence-corrected chi connectivity index (χ4v) is 1.00. The summed E-state index contributed by atoms with van der Waals surface area (Å²) in [7, 11) is 3.55. The van der Waals surface area contributed by atoms with Gasteiger partial charge in [0.1, 0.15) is 11.8 Å². The molecule has 0 saturated carbocycles. The summed E-state index contributed by atoms with van der Waals surface area (Å²) < 4.78 is 0. The quantitative estimate of drug-likeness (QED) is 0.523. The minimum absolute atomic E-state index is 0.388. The first-order chi connectivity index (χ1) is 6.27. The lowest BCUT2D eigenvalue weighted by molar-refractivity contribution is -0.138. The monoisotopic (exact) mass is 204 g/mol. The second-order valence-electron chi connectivity index (χ2n) is 3.95. The minimum atomic E-state index is -0.991. The fraction of sp³-hybridized carbons (Fsp3) is 0.889. The number of carbonyl (C=O) groups is 1. The summed E-state index contributed by atoms with van der Waals surface area (Å²) in [6.07, 6.45) is 1.50. The predicted octanol–water partition coefficient (Wildman–Crippen LogP) is -0.161. The van der Waals surface area contributed by atoms with E-state index in [1.165, 1.54) is 0 Å². The summed E-state index contributed by atoms with van der Waals surface area (Å²) >= 11 is 0. The largest absolute Gasteiger partial charge is 0.480 e. The van der Waals surface area contributed by atoms with Crippen molar-refractivity contribution in [2.75, 3.05) is 14.1 Å². The Morgan fingerprint density at radius 2 is 2.07 bits per heavy atom. The van der Waals surface area contributed by atoms with E-state index in [1.54, 1.807) is 25.9 Å². The molecular weight excluding hydrogens is 184 g/mol. The van der Waals surface area contributed by atoms with Gasteiger partial charge in [0.25, 0.3) is 0 Å². The van der Waals surface area contributed by atoms with Crippen LogP contribution >= 0.6 is 0 Å². The molecule has 0 aliphatic heterocycles. The first kappa shape index (κ1) is 13.4. The van der Waals surface area contributed by atoms with Crippen molar-refractivity contribution in [3.63, 3.8) is 0 Å². The third kappa shape index (κ3) is 4.55. The third-order valence-electron chi connectivity index (χ3n) is 2.45. The minimum Gasteiger partial charge on any atom is -0.480 e. The van der Waals surface area contributed by atoms with Gasteiger partial charge in [-0.25, -0.2) is 0 Å². The Balaban J connectivity index is 3.79. The molecule has 0 bridgehead atoms. The van der Waals surface area contributed by atoms with Crippen LogP contribution in [0.3, 0.4) is 0 Å². The first-order valence-electron chi connectivity index (χ1n) is 4.65. The van der Waals surface area contributed by atoms with E-state index in [0.717, 1.165) is 0 Å². The Kier molecular flexibility index (Phi) is 5.04. The maximum absolute atomic E-state index is 10.4. The summed E-state index contributed by atoms with van der Waals surface area (Å²) in [5.41, 5.74) is 4.44. The molecule has 2 atom stereocenters.